The lowest BCUT2D eigenvalue weighted by molar-refractivity contribution is -0.671. The molecule has 0 saturated carbocycles. The third-order valence-corrected chi connectivity index (χ3v) is 10.7. The van der Waals surface area contributed by atoms with E-state index in [9.17, 15) is 18.9 Å². The number of hydrogen-bond donors (Lipinski definition) is 4. The lowest BCUT2D eigenvalue weighted by Gasteiger charge is -2.49. The van der Waals surface area contributed by atoms with E-state index < -0.39 is 42.7 Å². The maximum absolute atomic E-state index is 13.3. The van der Waals surface area contributed by atoms with Gasteiger partial charge in [-0.1, -0.05) is 16.9 Å². The van der Waals surface area contributed by atoms with Crippen LogP contribution in [0.4, 0.5) is 5.13 Å². The molecule has 2 aliphatic heterocycles. The van der Waals surface area contributed by atoms with E-state index in [4.69, 9.17) is 19.4 Å². The van der Waals surface area contributed by atoms with Crippen LogP contribution in [0.5, 0.6) is 0 Å². The molecule has 0 aromatic carbocycles. The molecule has 0 bridgehead atoms. The van der Waals surface area contributed by atoms with Crippen molar-refractivity contribution in [3.63, 3.8) is 0 Å². The summed E-state index contributed by atoms with van der Waals surface area (Å²) in [5.41, 5.74) is 1.40. The highest BCUT2D eigenvalue weighted by Crippen LogP contribution is 2.46. The van der Waals surface area contributed by atoms with Crippen molar-refractivity contribution >= 4 is 82.8 Å². The van der Waals surface area contributed by atoms with Crippen molar-refractivity contribution in [1.29, 1.82) is 0 Å². The van der Waals surface area contributed by atoms with Gasteiger partial charge in [0.25, 0.3) is 11.8 Å². The summed E-state index contributed by atoms with van der Waals surface area (Å²) in [4.78, 5) is 73.2. The van der Waals surface area contributed by atoms with E-state index >= 15 is 0 Å². The Bertz CT molecular complexity index is 1710. The van der Waals surface area contributed by atoms with Crippen LogP contribution in [-0.2, 0) is 35.6 Å². The first-order chi connectivity index (χ1) is 21.0. The summed E-state index contributed by atoms with van der Waals surface area (Å²) < 4.78 is 22.8. The van der Waals surface area contributed by atoms with Crippen molar-refractivity contribution in [2.45, 2.75) is 22.7 Å². The second kappa shape index (κ2) is 13.3. The minimum absolute atomic E-state index is 0.0813. The number of esters is 1. The van der Waals surface area contributed by atoms with Gasteiger partial charge in [-0.3, -0.25) is 19.6 Å². The molecule has 16 nitrogen and oxygen atoms in total. The second-order valence-corrected chi connectivity index (χ2v) is 14.3. The van der Waals surface area contributed by atoms with E-state index in [0.717, 1.165) is 11.3 Å². The number of pyridine rings is 1. The third-order valence-electron chi connectivity index (χ3n) is 5.95. The number of rotatable bonds is 11. The van der Waals surface area contributed by atoms with E-state index in [1.54, 1.807) is 6.92 Å². The first kappa shape index (κ1) is 32.0. The van der Waals surface area contributed by atoms with E-state index in [-0.39, 0.29) is 23.3 Å². The molecule has 3 aromatic heterocycles. The van der Waals surface area contributed by atoms with Gasteiger partial charge in [0.2, 0.25) is 16.7 Å². The first-order valence-electron chi connectivity index (χ1n) is 12.5. The first-order valence-corrected chi connectivity index (χ1v) is 17.7. The molecule has 2 atom stereocenters. The Balaban J connectivity index is 1.33. The molecule has 0 aliphatic carbocycles. The maximum Gasteiger partial charge on any atom is 0.429 e. The van der Waals surface area contributed by atoms with Crippen LogP contribution in [-0.4, -0.2) is 83.4 Å². The second-order valence-electron chi connectivity index (χ2n) is 8.91. The SMILES string of the molecule is CCO/N=C(\C(=O)NC1C(=O)N2C(C(=O)OC)=C(Sc3nc(-c4cc[n+](C)cc4)cs3)CS[C@H]12)c1nsc(NP(=O)(O)O)n1. The Morgan fingerprint density at radius 1 is 1.30 bits per heavy atom. The molecule has 2 amide bonds. The summed E-state index contributed by atoms with van der Waals surface area (Å²) in [5.74, 6) is -2.02. The normalized spacial score (nSPS) is 18.4. The molecule has 21 heteroatoms. The number of oxime groups is 1. The minimum atomic E-state index is -4.67. The summed E-state index contributed by atoms with van der Waals surface area (Å²) in [6.07, 6.45) is 3.84. The van der Waals surface area contributed by atoms with Gasteiger partial charge in [0.1, 0.15) is 30.8 Å². The fourth-order valence-electron chi connectivity index (χ4n) is 3.98. The van der Waals surface area contributed by atoms with Crippen LogP contribution in [0.15, 0.2) is 50.0 Å². The van der Waals surface area contributed by atoms with E-state index in [2.05, 4.69) is 24.8 Å². The van der Waals surface area contributed by atoms with Gasteiger partial charge in [-0.05, 0) is 6.92 Å². The number of anilines is 1. The standard InChI is InChI=1S/C23H23N8O8PS4/c1-4-39-27-14(17-26-22(44-29-17)28-40(35,36)37)18(32)25-15-19(33)31-16(21(34)38-3)13(10-41-20(15)31)43-23-24-12(9-42-23)11-5-7-30(2)8-6-11/h5-9,15,20H,4,10H2,1-3H3,(H3-,25,26,28,29,32,35,36,37)/p+1/b27-14-/t15?,20-/m1/s1. The predicted octanol–water partition coefficient (Wildman–Crippen LogP) is 1.31. The lowest BCUT2D eigenvalue weighted by Crippen LogP contribution is -2.71. The highest BCUT2D eigenvalue weighted by Gasteiger charge is 2.55. The molecule has 5 rings (SSSR count). The summed E-state index contributed by atoms with van der Waals surface area (Å²) in [7, 11) is -1.52. The summed E-state index contributed by atoms with van der Waals surface area (Å²) in [6, 6.07) is 2.87. The number of ether oxygens (including phenoxy) is 1. The zero-order valence-corrected chi connectivity index (χ0v) is 27.2. The van der Waals surface area contributed by atoms with Gasteiger partial charge in [-0.15, -0.1) is 23.1 Å². The van der Waals surface area contributed by atoms with Crippen LogP contribution in [0.2, 0.25) is 0 Å². The molecule has 44 heavy (non-hydrogen) atoms. The van der Waals surface area contributed by atoms with E-state index in [1.165, 1.54) is 46.9 Å². The molecule has 3 aromatic rings. The van der Waals surface area contributed by atoms with Crippen molar-refractivity contribution < 1.29 is 42.9 Å². The number of carbonyl (C=O) groups excluding carboxylic acids is 3. The van der Waals surface area contributed by atoms with Crippen LogP contribution >= 0.6 is 54.1 Å². The molecule has 0 spiro atoms. The van der Waals surface area contributed by atoms with Crippen molar-refractivity contribution in [3.05, 3.63) is 46.3 Å². The third kappa shape index (κ3) is 6.96. The zero-order valence-electron chi connectivity index (χ0n) is 23.1. The van der Waals surface area contributed by atoms with Gasteiger partial charge in [0.15, 0.2) is 16.7 Å². The van der Waals surface area contributed by atoms with Gasteiger partial charge in [-0.25, -0.2) is 18.9 Å². The number of nitrogens with one attached hydrogen (secondary N) is 2. The molecule has 1 saturated heterocycles. The van der Waals surface area contributed by atoms with Crippen molar-refractivity contribution in [3.8, 4) is 11.3 Å². The fourth-order valence-corrected chi connectivity index (χ4v) is 8.69. The molecular weight excluding hydrogens is 676 g/mol. The Kier molecular flexibility index (Phi) is 9.68. The average molecular weight is 700 g/mol. The van der Waals surface area contributed by atoms with Crippen LogP contribution in [0.25, 0.3) is 11.3 Å². The predicted molar refractivity (Wildman–Crippen MR) is 162 cm³/mol. The van der Waals surface area contributed by atoms with Crippen LogP contribution in [0.1, 0.15) is 12.7 Å². The number of thiazole rings is 1. The maximum atomic E-state index is 13.3. The van der Waals surface area contributed by atoms with Gasteiger partial charge >= 0.3 is 13.7 Å². The number of thioether (sulfide) groups is 2. The number of fused-ring (bicyclic) bond motifs is 1. The molecule has 1 unspecified atom stereocenters. The zero-order chi connectivity index (χ0) is 31.6. The average Bonchev–Trinajstić information content (AvgIpc) is 3.64. The Morgan fingerprint density at radius 2 is 2.05 bits per heavy atom. The molecule has 2 aliphatic rings. The van der Waals surface area contributed by atoms with Crippen LogP contribution < -0.4 is 15.0 Å². The monoisotopic (exact) mass is 699 g/mol. The minimum Gasteiger partial charge on any atom is -0.464 e. The quantitative estimate of drug-likeness (QED) is 0.0556. The smallest absolute Gasteiger partial charge is 0.429 e. The number of methoxy groups -OCH3 is 1. The largest absolute Gasteiger partial charge is 0.464 e. The van der Waals surface area contributed by atoms with Gasteiger partial charge in [0, 0.05) is 45.3 Å². The van der Waals surface area contributed by atoms with E-state index in [0.29, 0.717) is 26.5 Å². The summed E-state index contributed by atoms with van der Waals surface area (Å²) in [6.45, 7) is 1.73. The van der Waals surface area contributed by atoms with Crippen LogP contribution in [0, 0.1) is 0 Å². The number of β-lactam (4-membered cyclic amide) rings is 1. The van der Waals surface area contributed by atoms with Gasteiger partial charge < -0.3 is 24.7 Å². The fraction of sp³-hybridized carbons (Fsp3) is 0.304. The summed E-state index contributed by atoms with van der Waals surface area (Å²) >= 11 is 4.63. The van der Waals surface area contributed by atoms with Crippen molar-refractivity contribution in [2.24, 2.45) is 12.2 Å². The van der Waals surface area contributed by atoms with Gasteiger partial charge in [0.05, 0.1) is 12.8 Å². The topological polar surface area (TPSA) is 209 Å². The Morgan fingerprint density at radius 3 is 2.73 bits per heavy atom. The molecule has 5 heterocycles. The number of amides is 2. The number of aryl methyl sites for hydroxylation is 1. The van der Waals surface area contributed by atoms with Crippen molar-refractivity contribution in [2.75, 3.05) is 24.6 Å². The Hall–Kier alpha value is -3.39. The molecule has 232 valence electrons. The molecular formula is C23H24N8O8PS4+. The molecule has 1 fully saturated rings. The van der Waals surface area contributed by atoms with Crippen LogP contribution in [0.3, 0.4) is 0 Å². The van der Waals surface area contributed by atoms with E-state index in [1.807, 2.05) is 46.6 Å². The number of hydrogen-bond acceptors (Lipinski definition) is 14. The lowest BCUT2D eigenvalue weighted by atomic mass is 10.0. The Labute approximate surface area is 266 Å². The highest BCUT2D eigenvalue weighted by molar-refractivity contribution is 8.07. The number of aromatic nitrogens is 4. The van der Waals surface area contributed by atoms with Crippen molar-refractivity contribution in [1.82, 2.24) is 24.6 Å². The number of nitrogens with zero attached hydrogens (tertiary/aromatic N) is 6. The molecule has 4 N–H and O–H groups in total. The van der Waals surface area contributed by atoms with Gasteiger partial charge in [-0.2, -0.15) is 9.36 Å². The highest BCUT2D eigenvalue weighted by atomic mass is 32.2. The molecule has 0 radical (unpaired) electrons. The number of carbonyl (C=O) groups is 3. The summed E-state index contributed by atoms with van der Waals surface area (Å²) in [5, 5.41) is 9.26.